The number of nitrogens with one attached hydrogen (secondary N) is 3. The molecule has 1 aliphatic rings. The van der Waals surface area contributed by atoms with E-state index in [2.05, 4.69) is 25.9 Å². The Morgan fingerprint density at radius 1 is 1.16 bits per heavy atom. The van der Waals surface area contributed by atoms with Gasteiger partial charge in [-0.25, -0.2) is 4.98 Å². The van der Waals surface area contributed by atoms with Crippen molar-refractivity contribution in [2.75, 3.05) is 30.8 Å². The van der Waals surface area contributed by atoms with Crippen LogP contribution in [0.1, 0.15) is 23.3 Å². The van der Waals surface area contributed by atoms with Crippen LogP contribution in [-0.4, -0.2) is 42.4 Å². The molecule has 10 heteroatoms. The Labute approximate surface area is 182 Å². The highest BCUT2D eigenvalue weighted by Gasteiger charge is 2.29. The number of methoxy groups -OCH3 is 1. The fourth-order valence-electron chi connectivity index (χ4n) is 3.53. The number of thiophene rings is 1. The van der Waals surface area contributed by atoms with Crippen LogP contribution < -0.4 is 20.7 Å². The zero-order valence-corrected chi connectivity index (χ0v) is 17.9. The third kappa shape index (κ3) is 5.76. The number of hydrogen-bond acceptors (Lipinski definition) is 7. The number of fused-ring (bicyclic) bond motifs is 1. The van der Waals surface area contributed by atoms with Gasteiger partial charge in [0.05, 0.1) is 18.9 Å². The molecule has 4 rings (SSSR count). The van der Waals surface area contributed by atoms with Crippen LogP contribution in [0.2, 0.25) is 0 Å². The second-order valence-electron chi connectivity index (χ2n) is 7.49. The fraction of sp³-hybridized carbons (Fsp3) is 0.429. The molecule has 0 atom stereocenters. The van der Waals surface area contributed by atoms with Crippen molar-refractivity contribution >= 4 is 33.3 Å². The fourth-order valence-corrected chi connectivity index (χ4v) is 4.59. The molecule has 0 amide bonds. The molecule has 1 saturated heterocycles. The van der Waals surface area contributed by atoms with Gasteiger partial charge in [0, 0.05) is 17.5 Å². The zero-order valence-electron chi connectivity index (χ0n) is 17.1. The summed E-state index contributed by atoms with van der Waals surface area (Å²) in [6.45, 7) is 2.29. The highest BCUT2D eigenvalue weighted by molar-refractivity contribution is 7.18. The first-order valence-electron chi connectivity index (χ1n) is 10.1. The summed E-state index contributed by atoms with van der Waals surface area (Å²) in [6.07, 6.45) is -3.36. The monoisotopic (exact) mass is 451 g/mol. The van der Waals surface area contributed by atoms with Gasteiger partial charge in [0.25, 0.3) is 0 Å². The number of rotatable bonds is 7. The Bertz CT molecular complexity index is 1020. The maximum Gasteiger partial charge on any atom is 0.393 e. The van der Waals surface area contributed by atoms with Gasteiger partial charge in [-0.2, -0.15) is 18.2 Å². The van der Waals surface area contributed by atoms with E-state index in [1.54, 1.807) is 13.2 Å². The summed E-state index contributed by atoms with van der Waals surface area (Å²) in [5.74, 6) is 1.74. The van der Waals surface area contributed by atoms with Crippen LogP contribution in [0.5, 0.6) is 5.75 Å². The zero-order chi connectivity index (χ0) is 21.8. The van der Waals surface area contributed by atoms with Crippen molar-refractivity contribution in [3.63, 3.8) is 0 Å². The first-order valence-corrected chi connectivity index (χ1v) is 10.9. The van der Waals surface area contributed by atoms with Crippen molar-refractivity contribution in [3.05, 3.63) is 40.8 Å². The number of aromatic nitrogens is 2. The summed E-state index contributed by atoms with van der Waals surface area (Å²) in [7, 11) is 1.61. The topological polar surface area (TPSA) is 71.1 Å². The van der Waals surface area contributed by atoms with E-state index in [1.165, 1.54) is 0 Å². The molecule has 0 radical (unpaired) electrons. The third-order valence-electron chi connectivity index (χ3n) is 5.11. The van der Waals surface area contributed by atoms with Gasteiger partial charge in [-0.3, -0.25) is 0 Å². The number of halogens is 3. The van der Waals surface area contributed by atoms with Gasteiger partial charge in [0.2, 0.25) is 5.95 Å². The third-order valence-corrected chi connectivity index (χ3v) is 6.14. The Hall–Kier alpha value is -2.59. The quantitative estimate of drug-likeness (QED) is 0.489. The maximum atomic E-state index is 12.9. The molecular weight excluding hydrogens is 427 g/mol. The van der Waals surface area contributed by atoms with E-state index < -0.39 is 12.6 Å². The lowest BCUT2D eigenvalue weighted by molar-refractivity contribution is -0.126. The molecule has 166 valence electrons. The van der Waals surface area contributed by atoms with E-state index >= 15 is 0 Å². The molecule has 3 N–H and O–H groups in total. The van der Waals surface area contributed by atoms with E-state index in [0.717, 1.165) is 48.6 Å². The highest BCUT2D eigenvalue weighted by atomic mass is 32.1. The highest BCUT2D eigenvalue weighted by Crippen LogP contribution is 2.34. The summed E-state index contributed by atoms with van der Waals surface area (Å²) in [5.41, 5.74) is 1.02. The van der Waals surface area contributed by atoms with E-state index in [4.69, 9.17) is 4.74 Å². The van der Waals surface area contributed by atoms with E-state index in [-0.39, 0.29) is 10.9 Å². The van der Waals surface area contributed by atoms with Crippen molar-refractivity contribution in [1.29, 1.82) is 0 Å². The van der Waals surface area contributed by atoms with Crippen LogP contribution in [0.4, 0.5) is 24.9 Å². The minimum absolute atomic E-state index is 0.222. The van der Waals surface area contributed by atoms with Gasteiger partial charge >= 0.3 is 6.18 Å². The number of benzene rings is 1. The lowest BCUT2D eigenvalue weighted by Gasteiger charge is -2.24. The largest absolute Gasteiger partial charge is 0.497 e. The van der Waals surface area contributed by atoms with Crippen LogP contribution in [0.3, 0.4) is 0 Å². The van der Waals surface area contributed by atoms with Gasteiger partial charge in [0.15, 0.2) is 0 Å². The lowest BCUT2D eigenvalue weighted by Crippen LogP contribution is -2.35. The lowest BCUT2D eigenvalue weighted by atomic mass is 10.1. The molecule has 0 saturated carbocycles. The van der Waals surface area contributed by atoms with Gasteiger partial charge < -0.3 is 20.7 Å². The molecule has 0 bridgehead atoms. The average molecular weight is 452 g/mol. The van der Waals surface area contributed by atoms with E-state index in [1.807, 2.05) is 24.3 Å². The molecule has 3 aromatic rings. The van der Waals surface area contributed by atoms with Crippen LogP contribution in [0.25, 0.3) is 10.2 Å². The molecule has 0 unspecified atom stereocenters. The summed E-state index contributed by atoms with van der Waals surface area (Å²) >= 11 is 1.06. The molecule has 6 nitrogen and oxygen atoms in total. The molecule has 2 aromatic heterocycles. The molecule has 31 heavy (non-hydrogen) atoms. The van der Waals surface area contributed by atoms with E-state index in [9.17, 15) is 13.2 Å². The van der Waals surface area contributed by atoms with Crippen molar-refractivity contribution in [3.8, 4) is 5.75 Å². The van der Waals surface area contributed by atoms with Crippen LogP contribution in [0, 0.1) is 0 Å². The number of anilines is 2. The Balaban J connectivity index is 1.59. The van der Waals surface area contributed by atoms with Gasteiger partial charge in [-0.15, -0.1) is 11.3 Å². The Morgan fingerprint density at radius 2 is 1.90 bits per heavy atom. The van der Waals surface area contributed by atoms with E-state index in [0.29, 0.717) is 28.5 Å². The van der Waals surface area contributed by atoms with Crippen molar-refractivity contribution in [2.45, 2.75) is 38.0 Å². The normalized spacial score (nSPS) is 15.2. The van der Waals surface area contributed by atoms with Gasteiger partial charge in [-0.05, 0) is 49.7 Å². The van der Waals surface area contributed by atoms with Gasteiger partial charge in [0.1, 0.15) is 16.4 Å². The molecular formula is C21H24F3N5OS. The average Bonchev–Trinajstić information content (AvgIpc) is 3.14. The van der Waals surface area contributed by atoms with Crippen molar-refractivity contribution in [1.82, 2.24) is 15.3 Å². The summed E-state index contributed by atoms with van der Waals surface area (Å²) < 4.78 is 43.9. The molecule has 1 aromatic carbocycles. The van der Waals surface area contributed by atoms with Crippen molar-refractivity contribution < 1.29 is 17.9 Å². The molecule has 0 aliphatic carbocycles. The number of nitrogens with zero attached hydrogens (tertiary/aromatic N) is 2. The minimum atomic E-state index is -4.26. The molecule has 1 fully saturated rings. The number of piperidine rings is 1. The number of ether oxygens (including phenoxy) is 1. The Kier molecular flexibility index (Phi) is 6.47. The van der Waals surface area contributed by atoms with Crippen LogP contribution in [-0.2, 0) is 13.0 Å². The minimum Gasteiger partial charge on any atom is -0.497 e. The predicted molar refractivity (Wildman–Crippen MR) is 117 cm³/mol. The second kappa shape index (κ2) is 9.27. The number of alkyl halides is 3. The van der Waals surface area contributed by atoms with Crippen molar-refractivity contribution in [2.24, 2.45) is 0 Å². The number of hydrogen-bond donors (Lipinski definition) is 3. The summed E-state index contributed by atoms with van der Waals surface area (Å²) in [5, 5.41) is 10.6. The first-order chi connectivity index (χ1) is 14.9. The first kappa shape index (κ1) is 21.6. The maximum absolute atomic E-state index is 12.9. The SMILES string of the molecule is COc1ccc(CNc2nc(NC3CCNCC3)c3cc(CC(F)(F)F)sc3n2)cc1. The predicted octanol–water partition coefficient (Wildman–Crippen LogP) is 4.58. The van der Waals surface area contributed by atoms with Crippen LogP contribution in [0.15, 0.2) is 30.3 Å². The molecule has 3 heterocycles. The smallest absolute Gasteiger partial charge is 0.393 e. The summed E-state index contributed by atoms with van der Waals surface area (Å²) in [4.78, 5) is 9.86. The molecule has 1 aliphatic heterocycles. The Morgan fingerprint density at radius 3 is 2.58 bits per heavy atom. The standard InChI is InChI=1S/C21H24F3N5OS/c1-30-15-4-2-13(3-5-15)12-26-20-28-18(27-14-6-8-25-9-7-14)17-10-16(11-21(22,23)24)31-19(17)29-20/h2-5,10,14,25H,6-9,11-12H2,1H3,(H2,26,27,28,29). The summed E-state index contributed by atoms with van der Waals surface area (Å²) in [6, 6.07) is 9.39. The second-order valence-corrected chi connectivity index (χ2v) is 8.60. The van der Waals surface area contributed by atoms with Crippen LogP contribution >= 0.6 is 11.3 Å². The molecule has 0 spiro atoms. The van der Waals surface area contributed by atoms with Gasteiger partial charge in [-0.1, -0.05) is 12.1 Å².